The molecule has 0 spiro atoms. The molecule has 1 saturated heterocycles. The molecule has 2 amide bonds. The highest BCUT2D eigenvalue weighted by Gasteiger charge is 2.35. The van der Waals surface area contributed by atoms with Crippen molar-refractivity contribution in [3.05, 3.63) is 12.7 Å². The third-order valence-corrected chi connectivity index (χ3v) is 3.41. The van der Waals surface area contributed by atoms with Crippen LogP contribution in [0.2, 0.25) is 0 Å². The Bertz CT molecular complexity index is 325. The number of imide groups is 1. The van der Waals surface area contributed by atoms with Crippen LogP contribution in [0, 0.1) is 17.8 Å². The summed E-state index contributed by atoms with van der Waals surface area (Å²) < 4.78 is 4.82. The van der Waals surface area contributed by atoms with Crippen molar-refractivity contribution in [2.24, 2.45) is 17.8 Å². The van der Waals surface area contributed by atoms with Crippen LogP contribution < -0.4 is 0 Å². The lowest BCUT2D eigenvalue weighted by molar-refractivity contribution is -0.133. The van der Waals surface area contributed by atoms with E-state index in [1.807, 2.05) is 6.92 Å². The zero-order valence-electron chi connectivity index (χ0n) is 11.5. The van der Waals surface area contributed by atoms with Crippen LogP contribution in [-0.4, -0.2) is 30.1 Å². The summed E-state index contributed by atoms with van der Waals surface area (Å²) in [6.07, 6.45) is 3.03. The summed E-state index contributed by atoms with van der Waals surface area (Å²) >= 11 is 0. The van der Waals surface area contributed by atoms with E-state index in [9.17, 15) is 9.59 Å². The van der Waals surface area contributed by atoms with Crippen LogP contribution in [0.4, 0.5) is 4.79 Å². The maximum absolute atomic E-state index is 12.3. The van der Waals surface area contributed by atoms with Crippen LogP contribution >= 0.6 is 0 Å². The Morgan fingerprint density at radius 3 is 2.56 bits per heavy atom. The van der Waals surface area contributed by atoms with Crippen LogP contribution in [0.15, 0.2) is 12.7 Å². The highest BCUT2D eigenvalue weighted by atomic mass is 16.6. The van der Waals surface area contributed by atoms with Gasteiger partial charge in [-0.2, -0.15) is 0 Å². The lowest BCUT2D eigenvalue weighted by Crippen LogP contribution is -2.39. The van der Waals surface area contributed by atoms with E-state index in [0.29, 0.717) is 19.1 Å². The van der Waals surface area contributed by atoms with Crippen molar-refractivity contribution < 1.29 is 14.3 Å². The quantitative estimate of drug-likeness (QED) is 0.684. The van der Waals surface area contributed by atoms with Gasteiger partial charge in [-0.1, -0.05) is 33.3 Å². The summed E-state index contributed by atoms with van der Waals surface area (Å²) in [5, 5.41) is 0. The summed E-state index contributed by atoms with van der Waals surface area (Å²) in [7, 11) is 0. The summed E-state index contributed by atoms with van der Waals surface area (Å²) in [6.45, 7) is 10.7. The van der Waals surface area contributed by atoms with Gasteiger partial charge in [-0.15, -0.1) is 6.58 Å². The molecule has 0 aromatic carbocycles. The Morgan fingerprint density at radius 2 is 2.11 bits per heavy atom. The largest absolute Gasteiger partial charge is 0.447 e. The van der Waals surface area contributed by atoms with E-state index in [0.717, 1.165) is 12.8 Å². The number of carbonyl (C=O) groups excluding carboxylic acids is 2. The maximum Gasteiger partial charge on any atom is 0.416 e. The molecule has 0 aromatic rings. The highest BCUT2D eigenvalue weighted by molar-refractivity contribution is 5.94. The molecule has 0 bridgehead atoms. The van der Waals surface area contributed by atoms with E-state index in [-0.39, 0.29) is 17.7 Å². The molecule has 2 unspecified atom stereocenters. The third-order valence-electron chi connectivity index (χ3n) is 3.41. The van der Waals surface area contributed by atoms with Gasteiger partial charge in [-0.05, 0) is 18.3 Å². The number of rotatable bonds is 6. The zero-order chi connectivity index (χ0) is 13.7. The minimum atomic E-state index is -0.509. The van der Waals surface area contributed by atoms with Crippen molar-refractivity contribution in [3.8, 4) is 0 Å². The van der Waals surface area contributed by atoms with E-state index in [4.69, 9.17) is 4.74 Å². The second kappa shape index (κ2) is 6.57. The van der Waals surface area contributed by atoms with E-state index < -0.39 is 6.09 Å². The fourth-order valence-corrected chi connectivity index (χ4v) is 2.08. The average molecular weight is 253 g/mol. The number of ether oxygens (including phenoxy) is 1. The molecule has 1 rings (SSSR count). The lowest BCUT2D eigenvalue weighted by atomic mass is 9.86. The van der Waals surface area contributed by atoms with Crippen molar-refractivity contribution in [3.63, 3.8) is 0 Å². The molecule has 0 aliphatic carbocycles. The van der Waals surface area contributed by atoms with Gasteiger partial charge in [0.05, 0.1) is 6.54 Å². The molecule has 102 valence electrons. The molecule has 4 heteroatoms. The van der Waals surface area contributed by atoms with E-state index >= 15 is 0 Å². The van der Waals surface area contributed by atoms with E-state index in [2.05, 4.69) is 20.4 Å². The predicted octanol–water partition coefficient (Wildman–Crippen LogP) is 2.84. The first-order valence-corrected chi connectivity index (χ1v) is 6.58. The first kappa shape index (κ1) is 14.7. The number of carbonyl (C=O) groups is 2. The summed E-state index contributed by atoms with van der Waals surface area (Å²) in [6, 6.07) is 0. The molecule has 1 aliphatic heterocycles. The minimum absolute atomic E-state index is 0.0737. The van der Waals surface area contributed by atoms with Gasteiger partial charge in [-0.25, -0.2) is 9.69 Å². The summed E-state index contributed by atoms with van der Waals surface area (Å²) in [5.41, 5.74) is 0. The van der Waals surface area contributed by atoms with Gasteiger partial charge < -0.3 is 4.74 Å². The Labute approximate surface area is 109 Å². The second-order valence-electron chi connectivity index (χ2n) is 5.28. The van der Waals surface area contributed by atoms with Gasteiger partial charge in [0.2, 0.25) is 5.91 Å². The monoisotopic (exact) mass is 253 g/mol. The topological polar surface area (TPSA) is 46.6 Å². The summed E-state index contributed by atoms with van der Waals surface area (Å²) in [4.78, 5) is 25.0. The fraction of sp³-hybridized carbons (Fsp3) is 0.714. The van der Waals surface area contributed by atoms with Gasteiger partial charge in [0.25, 0.3) is 0 Å². The van der Waals surface area contributed by atoms with Crippen LogP contribution in [-0.2, 0) is 9.53 Å². The van der Waals surface area contributed by atoms with Gasteiger partial charge >= 0.3 is 6.09 Å². The fourth-order valence-electron chi connectivity index (χ4n) is 2.08. The van der Waals surface area contributed by atoms with Gasteiger partial charge in [0.1, 0.15) is 6.61 Å². The smallest absolute Gasteiger partial charge is 0.416 e. The Kier molecular flexibility index (Phi) is 5.38. The number of amides is 2. The predicted molar refractivity (Wildman–Crippen MR) is 70.0 cm³/mol. The molecular weight excluding hydrogens is 230 g/mol. The number of hydrogen-bond donors (Lipinski definition) is 0. The Hall–Kier alpha value is -1.32. The van der Waals surface area contributed by atoms with Crippen LogP contribution in [0.3, 0.4) is 0 Å². The zero-order valence-corrected chi connectivity index (χ0v) is 11.5. The molecule has 2 atom stereocenters. The van der Waals surface area contributed by atoms with E-state index in [1.54, 1.807) is 6.08 Å². The Balaban J connectivity index is 2.71. The molecule has 0 saturated carbocycles. The SMILES string of the molecule is C=CC(C)C(CCC(C)C)C(=O)N1CCOC1=O. The molecular formula is C14H23NO3. The van der Waals surface area contributed by atoms with Crippen molar-refractivity contribution >= 4 is 12.0 Å². The average Bonchev–Trinajstić information content (AvgIpc) is 2.74. The third kappa shape index (κ3) is 3.59. The number of hydrogen-bond acceptors (Lipinski definition) is 3. The van der Waals surface area contributed by atoms with Crippen molar-refractivity contribution in [2.75, 3.05) is 13.2 Å². The molecule has 0 aromatic heterocycles. The first-order valence-electron chi connectivity index (χ1n) is 6.58. The molecule has 18 heavy (non-hydrogen) atoms. The standard InChI is InChI=1S/C14H23NO3/c1-5-11(4)12(7-6-10(2)3)13(16)15-8-9-18-14(15)17/h5,10-12H,1,6-9H2,2-4H3. The maximum atomic E-state index is 12.3. The van der Waals surface area contributed by atoms with Gasteiger partial charge in [-0.3, -0.25) is 4.79 Å². The molecule has 0 radical (unpaired) electrons. The molecule has 4 nitrogen and oxygen atoms in total. The van der Waals surface area contributed by atoms with Crippen molar-refractivity contribution in [1.29, 1.82) is 0 Å². The number of nitrogens with zero attached hydrogens (tertiary/aromatic N) is 1. The number of cyclic esters (lactones) is 1. The first-order chi connectivity index (χ1) is 8.47. The lowest BCUT2D eigenvalue weighted by Gasteiger charge is -2.24. The molecule has 1 heterocycles. The molecule has 1 fully saturated rings. The van der Waals surface area contributed by atoms with Crippen LogP contribution in [0.1, 0.15) is 33.6 Å². The van der Waals surface area contributed by atoms with Crippen LogP contribution in [0.5, 0.6) is 0 Å². The second-order valence-corrected chi connectivity index (χ2v) is 5.28. The molecule has 1 aliphatic rings. The van der Waals surface area contributed by atoms with Crippen molar-refractivity contribution in [2.45, 2.75) is 33.6 Å². The van der Waals surface area contributed by atoms with E-state index in [1.165, 1.54) is 4.90 Å². The Morgan fingerprint density at radius 1 is 1.44 bits per heavy atom. The van der Waals surface area contributed by atoms with Crippen LogP contribution in [0.25, 0.3) is 0 Å². The minimum Gasteiger partial charge on any atom is -0.447 e. The van der Waals surface area contributed by atoms with Gasteiger partial charge in [0, 0.05) is 5.92 Å². The normalized spacial score (nSPS) is 18.7. The highest BCUT2D eigenvalue weighted by Crippen LogP contribution is 2.24. The summed E-state index contributed by atoms with van der Waals surface area (Å²) in [5.74, 6) is 0.327. The molecule has 0 N–H and O–H groups in total. The number of allylic oxidation sites excluding steroid dienone is 1. The van der Waals surface area contributed by atoms with Gasteiger partial charge in [0.15, 0.2) is 0 Å². The van der Waals surface area contributed by atoms with Crippen molar-refractivity contribution in [1.82, 2.24) is 4.90 Å².